The summed E-state index contributed by atoms with van der Waals surface area (Å²) in [6.07, 6.45) is 6.10. The van der Waals surface area contributed by atoms with Gasteiger partial charge in [0.15, 0.2) is 5.82 Å². The zero-order chi connectivity index (χ0) is 20.4. The zero-order valence-corrected chi connectivity index (χ0v) is 18.1. The quantitative estimate of drug-likeness (QED) is 0.730. The highest BCUT2D eigenvalue weighted by atomic mass is 35.5. The molecule has 0 aliphatic carbocycles. The molecular weight excluding hydrogens is 406 g/mol. The van der Waals surface area contributed by atoms with Gasteiger partial charge < -0.3 is 9.42 Å². The maximum Gasteiger partial charge on any atom is 0.258 e. The Morgan fingerprint density at radius 3 is 2.79 bits per heavy atom. The highest BCUT2D eigenvalue weighted by molar-refractivity contribution is 7.85. The summed E-state index contributed by atoms with van der Waals surface area (Å²) in [5.41, 5.74) is 0.829. The first-order valence-electron chi connectivity index (χ1n) is 9.75. The van der Waals surface area contributed by atoms with Crippen LogP contribution in [0.25, 0.3) is 11.5 Å². The molecule has 4 rings (SSSR count). The van der Waals surface area contributed by atoms with Gasteiger partial charge in [-0.05, 0) is 31.0 Å². The predicted octanol–water partition coefficient (Wildman–Crippen LogP) is 4.44. The molecule has 1 aromatic heterocycles. The molecule has 0 radical (unpaired) electrons. The summed E-state index contributed by atoms with van der Waals surface area (Å²) in [7, 11) is 0. The average Bonchev–Trinajstić information content (AvgIpc) is 3.14. The van der Waals surface area contributed by atoms with Crippen LogP contribution in [-0.4, -0.2) is 52.0 Å². The minimum absolute atomic E-state index is 0.0656. The number of amidine groups is 1. The molecule has 29 heavy (non-hydrogen) atoms. The Bertz CT molecular complexity index is 961. The molecule has 0 amide bonds. The summed E-state index contributed by atoms with van der Waals surface area (Å²) >= 11 is 10.7. The van der Waals surface area contributed by atoms with Gasteiger partial charge in [-0.1, -0.05) is 41.9 Å². The van der Waals surface area contributed by atoms with Gasteiger partial charge in [0.25, 0.3) is 5.89 Å². The molecule has 3 heterocycles. The number of piperazine rings is 1. The zero-order valence-electron chi connectivity index (χ0n) is 16.5. The molecule has 2 aromatic rings. The van der Waals surface area contributed by atoms with E-state index in [4.69, 9.17) is 16.1 Å². The molecule has 8 heteroatoms. The van der Waals surface area contributed by atoms with Crippen molar-refractivity contribution >= 4 is 30.1 Å². The lowest BCUT2D eigenvalue weighted by Crippen LogP contribution is -2.49. The van der Waals surface area contributed by atoms with E-state index in [1.807, 2.05) is 30.5 Å². The van der Waals surface area contributed by atoms with Gasteiger partial charge in [0.05, 0.1) is 6.04 Å². The monoisotopic (exact) mass is 429 g/mol. The van der Waals surface area contributed by atoms with Crippen LogP contribution in [0.1, 0.15) is 25.7 Å². The van der Waals surface area contributed by atoms with Crippen molar-refractivity contribution < 1.29 is 4.52 Å². The first-order valence-corrected chi connectivity index (χ1v) is 10.6. The first-order chi connectivity index (χ1) is 14.0. The molecule has 1 fully saturated rings. The Balaban J connectivity index is 1.41. The van der Waals surface area contributed by atoms with E-state index in [0.29, 0.717) is 22.7 Å². The molecular formula is C21H24ClN5OS. The lowest BCUT2D eigenvalue weighted by molar-refractivity contribution is 0.134. The number of thiol groups is 1. The Labute approximate surface area is 181 Å². The van der Waals surface area contributed by atoms with Crippen molar-refractivity contribution in [1.29, 1.82) is 0 Å². The van der Waals surface area contributed by atoms with Gasteiger partial charge >= 0.3 is 0 Å². The van der Waals surface area contributed by atoms with Crippen molar-refractivity contribution in [3.8, 4) is 11.5 Å². The van der Waals surface area contributed by atoms with E-state index < -0.39 is 0 Å². The van der Waals surface area contributed by atoms with Crippen molar-refractivity contribution in [2.45, 2.75) is 19.9 Å². The minimum atomic E-state index is 0.0656. The van der Waals surface area contributed by atoms with Gasteiger partial charge in [0.2, 0.25) is 0 Å². The fourth-order valence-corrected chi connectivity index (χ4v) is 4.19. The number of hydrogen-bond acceptors (Lipinski definition) is 7. The Morgan fingerprint density at radius 2 is 2.03 bits per heavy atom. The van der Waals surface area contributed by atoms with Crippen molar-refractivity contribution in [3.63, 3.8) is 0 Å². The third-order valence-corrected chi connectivity index (χ3v) is 5.87. The van der Waals surface area contributed by atoms with E-state index in [9.17, 15) is 0 Å². The molecule has 6 nitrogen and oxygen atoms in total. The van der Waals surface area contributed by atoms with E-state index in [2.05, 4.69) is 63.6 Å². The molecule has 2 atom stereocenters. The fraction of sp³-hybridized carbons (Fsp3) is 0.381. The van der Waals surface area contributed by atoms with Crippen LogP contribution in [0.5, 0.6) is 0 Å². The van der Waals surface area contributed by atoms with E-state index in [0.717, 1.165) is 42.5 Å². The molecule has 0 saturated carbocycles. The molecule has 1 saturated heterocycles. The van der Waals surface area contributed by atoms with E-state index in [-0.39, 0.29) is 6.04 Å². The summed E-state index contributed by atoms with van der Waals surface area (Å²) < 4.78 is 5.47. The van der Waals surface area contributed by atoms with Crippen molar-refractivity contribution in [2.75, 3.05) is 26.2 Å². The molecule has 0 spiro atoms. The molecule has 0 N–H and O–H groups in total. The van der Waals surface area contributed by atoms with Crippen LogP contribution < -0.4 is 0 Å². The van der Waals surface area contributed by atoms with Gasteiger partial charge in [0.1, 0.15) is 5.84 Å². The number of aromatic nitrogens is 2. The van der Waals surface area contributed by atoms with Gasteiger partial charge in [-0.2, -0.15) is 4.98 Å². The first kappa shape index (κ1) is 20.2. The molecule has 0 bridgehead atoms. The molecule has 152 valence electrons. The maximum atomic E-state index is 6.07. The number of rotatable bonds is 3. The van der Waals surface area contributed by atoms with Gasteiger partial charge in [-0.25, -0.2) is 4.99 Å². The maximum absolute atomic E-state index is 6.07. The van der Waals surface area contributed by atoms with Gasteiger partial charge in [-0.3, -0.25) is 4.90 Å². The lowest BCUT2D eigenvalue weighted by Gasteiger charge is -2.38. The summed E-state index contributed by atoms with van der Waals surface area (Å²) in [6.45, 7) is 7.78. The second-order valence-electron chi connectivity index (χ2n) is 7.37. The average molecular weight is 430 g/mol. The van der Waals surface area contributed by atoms with Crippen LogP contribution >= 0.6 is 24.2 Å². The molecule has 1 aromatic carbocycles. The fourth-order valence-electron chi connectivity index (χ4n) is 3.57. The van der Waals surface area contributed by atoms with Crippen molar-refractivity contribution in [3.05, 3.63) is 58.4 Å². The second-order valence-corrected chi connectivity index (χ2v) is 8.29. The summed E-state index contributed by atoms with van der Waals surface area (Å²) in [5, 5.41) is 4.85. The Kier molecular flexibility index (Phi) is 6.08. The number of nitrogens with zero attached hydrogens (tertiary/aromatic N) is 5. The van der Waals surface area contributed by atoms with Crippen LogP contribution in [-0.2, 0) is 0 Å². The van der Waals surface area contributed by atoms with Gasteiger partial charge in [0, 0.05) is 47.9 Å². The number of halogens is 1. The topological polar surface area (TPSA) is 57.8 Å². The highest BCUT2D eigenvalue weighted by Gasteiger charge is 2.27. The highest BCUT2D eigenvalue weighted by Crippen LogP contribution is 2.26. The molecule has 1 unspecified atom stereocenters. The number of hydrogen-bond donors (Lipinski definition) is 1. The predicted molar refractivity (Wildman–Crippen MR) is 119 cm³/mol. The third-order valence-electron chi connectivity index (χ3n) is 5.28. The van der Waals surface area contributed by atoms with E-state index in [1.54, 1.807) is 0 Å². The van der Waals surface area contributed by atoms with E-state index >= 15 is 0 Å². The van der Waals surface area contributed by atoms with Crippen molar-refractivity contribution in [1.82, 2.24) is 19.9 Å². The van der Waals surface area contributed by atoms with Crippen LogP contribution in [0, 0.1) is 5.92 Å². The minimum Gasteiger partial charge on any atom is -0.353 e. The summed E-state index contributed by atoms with van der Waals surface area (Å²) in [6, 6.07) is 7.51. The molecule has 2 aliphatic rings. The summed E-state index contributed by atoms with van der Waals surface area (Å²) in [4.78, 5) is 14.8. The standard InChI is InChI=1S/C21H24ClN5OS/c1-14-6-7-23-20(18(29)12-14)27-10-8-26(9-11-27)15(2)19-24-21(28-25-19)16-4-3-5-17(22)13-16/h3-7,12-15,29H,8-11H2,1-2H3/t14?,15-/m1/s1. The van der Waals surface area contributed by atoms with E-state index in [1.165, 1.54) is 0 Å². The Morgan fingerprint density at radius 1 is 1.24 bits per heavy atom. The van der Waals surface area contributed by atoms with Crippen molar-refractivity contribution in [2.24, 2.45) is 10.9 Å². The number of aliphatic imine (C=N–C) groups is 1. The summed E-state index contributed by atoms with van der Waals surface area (Å²) in [5.74, 6) is 2.47. The van der Waals surface area contributed by atoms with Crippen LogP contribution in [0.4, 0.5) is 0 Å². The normalized spacial score (nSPS) is 21.5. The van der Waals surface area contributed by atoms with Crippen LogP contribution in [0.2, 0.25) is 5.02 Å². The third kappa shape index (κ3) is 4.57. The smallest absolute Gasteiger partial charge is 0.258 e. The molecule has 2 aliphatic heterocycles. The Hall–Kier alpha value is -2.09. The van der Waals surface area contributed by atoms with Gasteiger partial charge in [-0.15, -0.1) is 12.6 Å². The van der Waals surface area contributed by atoms with Crippen LogP contribution in [0.15, 0.2) is 57.0 Å². The SMILES string of the molecule is CC1C=CN=C(N2CCN([C@H](C)c3noc(-c4cccc(Cl)c4)n3)CC2)C(S)=C1. The number of benzene rings is 1. The second kappa shape index (κ2) is 8.73. The van der Waals surface area contributed by atoms with Crippen LogP contribution in [0.3, 0.4) is 0 Å². The lowest BCUT2D eigenvalue weighted by atomic mass is 10.1. The largest absolute Gasteiger partial charge is 0.353 e. The number of allylic oxidation sites excluding steroid dienone is 2.